The number of anilines is 1. The lowest BCUT2D eigenvalue weighted by atomic mass is 10.0. The Balaban J connectivity index is 0.00000196. The van der Waals surface area contributed by atoms with Crippen LogP contribution < -0.4 is 10.6 Å². The fourth-order valence-corrected chi connectivity index (χ4v) is 3.93. The fraction of sp³-hybridized carbons (Fsp3) is 0.400. The molecule has 2 aromatic rings. The second-order valence-corrected chi connectivity index (χ2v) is 7.07. The quantitative estimate of drug-likeness (QED) is 0.879. The summed E-state index contributed by atoms with van der Waals surface area (Å²) >= 11 is 0. The van der Waals surface area contributed by atoms with Crippen molar-refractivity contribution in [1.82, 2.24) is 4.90 Å². The summed E-state index contributed by atoms with van der Waals surface area (Å²) in [5, 5.41) is 2.16. The van der Waals surface area contributed by atoms with Crippen LogP contribution in [0.15, 0.2) is 42.5 Å². The third-order valence-corrected chi connectivity index (χ3v) is 5.38. The number of nitrogens with zero attached hydrogens (tertiary/aromatic N) is 2. The molecule has 2 amide bonds. The van der Waals surface area contributed by atoms with E-state index in [-0.39, 0.29) is 36.2 Å². The van der Waals surface area contributed by atoms with Crippen LogP contribution in [0.2, 0.25) is 0 Å². The van der Waals surface area contributed by atoms with E-state index in [1.807, 2.05) is 47.4 Å². The first-order valence-corrected chi connectivity index (χ1v) is 8.96. The molecular formula is C20H24ClN3O2. The molecule has 26 heavy (non-hydrogen) atoms. The number of carbonyl (C=O) groups is 2. The molecule has 0 radical (unpaired) electrons. The second kappa shape index (κ2) is 7.64. The first-order chi connectivity index (χ1) is 12.1. The van der Waals surface area contributed by atoms with Gasteiger partial charge in [-0.05, 0) is 24.3 Å². The van der Waals surface area contributed by atoms with Gasteiger partial charge in [-0.15, -0.1) is 12.4 Å². The van der Waals surface area contributed by atoms with Crippen molar-refractivity contribution in [3.63, 3.8) is 0 Å². The first kappa shape index (κ1) is 18.7. The van der Waals surface area contributed by atoms with Crippen molar-refractivity contribution in [2.45, 2.75) is 25.3 Å². The number of carbonyl (C=O) groups excluding carboxylic acids is 2. The molecular weight excluding hydrogens is 350 g/mol. The van der Waals surface area contributed by atoms with Gasteiger partial charge in [0.05, 0.1) is 11.6 Å². The van der Waals surface area contributed by atoms with Gasteiger partial charge in [0, 0.05) is 37.5 Å². The minimum Gasteiger partial charge on any atom is -0.342 e. The minimum atomic E-state index is -0.249. The molecule has 0 aliphatic carbocycles. The van der Waals surface area contributed by atoms with Gasteiger partial charge in [-0.1, -0.05) is 36.4 Å². The van der Waals surface area contributed by atoms with Gasteiger partial charge in [0.1, 0.15) is 0 Å². The maximum absolute atomic E-state index is 12.8. The maximum atomic E-state index is 12.8. The Hall–Kier alpha value is -2.11. The van der Waals surface area contributed by atoms with Crippen molar-refractivity contribution in [2.75, 3.05) is 24.5 Å². The summed E-state index contributed by atoms with van der Waals surface area (Å²) < 4.78 is 0. The van der Waals surface area contributed by atoms with E-state index in [1.165, 1.54) is 0 Å². The minimum absolute atomic E-state index is 0. The Bertz CT molecular complexity index is 812. The van der Waals surface area contributed by atoms with Crippen molar-refractivity contribution < 1.29 is 9.59 Å². The molecule has 5 nitrogen and oxygen atoms in total. The van der Waals surface area contributed by atoms with Crippen LogP contribution in [0.4, 0.5) is 5.69 Å². The molecule has 2 aliphatic heterocycles. The van der Waals surface area contributed by atoms with E-state index in [2.05, 4.69) is 0 Å². The summed E-state index contributed by atoms with van der Waals surface area (Å²) in [4.78, 5) is 29.1. The topological polar surface area (TPSA) is 66.6 Å². The average molecular weight is 374 g/mol. The molecule has 0 spiro atoms. The number of amides is 2. The number of rotatable bonds is 2. The van der Waals surface area contributed by atoms with E-state index in [4.69, 9.17) is 5.73 Å². The van der Waals surface area contributed by atoms with Crippen molar-refractivity contribution in [3.8, 4) is 0 Å². The van der Waals surface area contributed by atoms with Gasteiger partial charge in [-0.2, -0.15) is 0 Å². The zero-order chi connectivity index (χ0) is 17.4. The van der Waals surface area contributed by atoms with Crippen molar-refractivity contribution in [1.29, 1.82) is 0 Å². The third kappa shape index (κ3) is 3.41. The van der Waals surface area contributed by atoms with E-state index >= 15 is 0 Å². The number of benzene rings is 2. The molecule has 2 saturated heterocycles. The fourth-order valence-electron chi connectivity index (χ4n) is 3.93. The summed E-state index contributed by atoms with van der Waals surface area (Å²) in [6.45, 7) is 1.88. The smallest absolute Gasteiger partial charge is 0.228 e. The molecule has 4 rings (SSSR count). The Morgan fingerprint density at radius 1 is 1.04 bits per heavy atom. The highest BCUT2D eigenvalue weighted by Crippen LogP contribution is 2.32. The van der Waals surface area contributed by atoms with Crippen molar-refractivity contribution in [2.24, 2.45) is 11.7 Å². The highest BCUT2D eigenvalue weighted by atomic mass is 35.5. The van der Waals surface area contributed by atoms with Gasteiger partial charge in [0.25, 0.3) is 0 Å². The molecule has 0 aromatic heterocycles. The van der Waals surface area contributed by atoms with Gasteiger partial charge in [-0.25, -0.2) is 0 Å². The van der Waals surface area contributed by atoms with Crippen LogP contribution in [-0.4, -0.2) is 42.4 Å². The Labute approximate surface area is 159 Å². The largest absolute Gasteiger partial charge is 0.342 e. The van der Waals surface area contributed by atoms with Gasteiger partial charge < -0.3 is 15.5 Å². The van der Waals surface area contributed by atoms with Crippen LogP contribution in [0.1, 0.15) is 19.3 Å². The van der Waals surface area contributed by atoms with Crippen molar-refractivity contribution in [3.05, 3.63) is 42.5 Å². The molecule has 6 heteroatoms. The molecule has 0 bridgehead atoms. The molecule has 2 aliphatic rings. The SMILES string of the molecule is Cl.NC1CCN(C(=O)C2CC(=O)N(c3cccc4ccccc34)C2)CC1. The molecule has 2 heterocycles. The molecule has 2 fully saturated rings. The van der Waals surface area contributed by atoms with E-state index in [0.717, 1.165) is 29.3 Å². The summed E-state index contributed by atoms with van der Waals surface area (Å²) in [5.41, 5.74) is 6.83. The lowest BCUT2D eigenvalue weighted by molar-refractivity contribution is -0.136. The molecule has 138 valence electrons. The standard InChI is InChI=1S/C20H23N3O2.ClH/c21-16-8-10-22(11-9-16)20(25)15-12-19(24)23(13-15)18-7-3-5-14-4-1-2-6-17(14)18;/h1-7,15-16H,8-13,21H2;1H. The normalized spacial score (nSPS) is 21.1. The van der Waals surface area contributed by atoms with Gasteiger partial charge in [-0.3, -0.25) is 9.59 Å². The Morgan fingerprint density at radius 2 is 1.73 bits per heavy atom. The molecule has 1 atom stereocenters. The Kier molecular flexibility index (Phi) is 5.49. The monoisotopic (exact) mass is 373 g/mol. The van der Waals surface area contributed by atoms with Crippen LogP contribution in [-0.2, 0) is 9.59 Å². The molecule has 2 N–H and O–H groups in total. The van der Waals surface area contributed by atoms with Crippen LogP contribution in [0.5, 0.6) is 0 Å². The van der Waals surface area contributed by atoms with Gasteiger partial charge in [0.2, 0.25) is 11.8 Å². The second-order valence-electron chi connectivity index (χ2n) is 7.07. The summed E-state index contributed by atoms with van der Waals surface area (Å²) in [6, 6.07) is 14.2. The predicted octanol–water partition coefficient (Wildman–Crippen LogP) is 2.56. The van der Waals surface area contributed by atoms with E-state index in [9.17, 15) is 9.59 Å². The van der Waals surface area contributed by atoms with Gasteiger partial charge in [0.15, 0.2) is 0 Å². The number of nitrogens with two attached hydrogens (primary N) is 1. The van der Waals surface area contributed by atoms with E-state index in [1.54, 1.807) is 4.90 Å². The number of halogens is 1. The number of fused-ring (bicyclic) bond motifs is 1. The number of piperidine rings is 1. The molecule has 2 aromatic carbocycles. The highest BCUT2D eigenvalue weighted by molar-refractivity contribution is 6.07. The molecule has 1 unspecified atom stereocenters. The maximum Gasteiger partial charge on any atom is 0.228 e. The first-order valence-electron chi connectivity index (χ1n) is 8.96. The van der Waals surface area contributed by atoms with E-state index in [0.29, 0.717) is 26.1 Å². The number of hydrogen-bond acceptors (Lipinski definition) is 3. The molecule has 0 saturated carbocycles. The Morgan fingerprint density at radius 3 is 2.50 bits per heavy atom. The van der Waals surface area contributed by atoms with Crippen LogP contribution in [0, 0.1) is 5.92 Å². The van der Waals surface area contributed by atoms with Gasteiger partial charge >= 0.3 is 0 Å². The summed E-state index contributed by atoms with van der Waals surface area (Å²) in [7, 11) is 0. The summed E-state index contributed by atoms with van der Waals surface area (Å²) in [5.74, 6) is -0.118. The summed E-state index contributed by atoms with van der Waals surface area (Å²) in [6.07, 6.45) is 1.99. The van der Waals surface area contributed by atoms with Crippen molar-refractivity contribution >= 4 is 40.7 Å². The van der Waals surface area contributed by atoms with Crippen LogP contribution >= 0.6 is 12.4 Å². The lowest BCUT2D eigenvalue weighted by Crippen LogP contribution is -2.45. The zero-order valence-corrected chi connectivity index (χ0v) is 15.5. The van der Waals surface area contributed by atoms with Crippen LogP contribution in [0.25, 0.3) is 10.8 Å². The average Bonchev–Trinajstić information content (AvgIpc) is 3.03. The third-order valence-electron chi connectivity index (χ3n) is 5.38. The van der Waals surface area contributed by atoms with E-state index < -0.39 is 0 Å². The highest BCUT2D eigenvalue weighted by Gasteiger charge is 2.38. The predicted molar refractivity (Wildman–Crippen MR) is 105 cm³/mol. The lowest BCUT2D eigenvalue weighted by Gasteiger charge is -2.32. The zero-order valence-electron chi connectivity index (χ0n) is 14.6. The number of hydrogen-bond donors (Lipinski definition) is 1. The van der Waals surface area contributed by atoms with Crippen LogP contribution in [0.3, 0.4) is 0 Å². The number of likely N-dealkylation sites (tertiary alicyclic amines) is 1.